The van der Waals surface area contributed by atoms with Gasteiger partial charge in [-0.3, -0.25) is 19.7 Å². The van der Waals surface area contributed by atoms with Crippen LogP contribution < -0.4 is 15.4 Å². The number of unbranched alkanes of at least 4 members (excludes halogenated alkanes) is 1. The van der Waals surface area contributed by atoms with Gasteiger partial charge in [0.1, 0.15) is 11.8 Å². The van der Waals surface area contributed by atoms with Crippen LogP contribution in [0.15, 0.2) is 22.7 Å². The molecule has 1 heterocycles. The number of ether oxygens (including phenoxy) is 2. The molecule has 0 aromatic heterocycles. The van der Waals surface area contributed by atoms with Gasteiger partial charge in [-0.05, 0) is 36.8 Å². The fourth-order valence-corrected chi connectivity index (χ4v) is 3.47. The number of hydrogen-bond donors (Lipinski definition) is 2. The molecule has 0 spiro atoms. The highest BCUT2D eigenvalue weighted by molar-refractivity contribution is 9.10. The molecule has 1 aromatic rings. The third-order valence-corrected chi connectivity index (χ3v) is 5.17. The summed E-state index contributed by atoms with van der Waals surface area (Å²) < 4.78 is 11.1. The molecule has 0 bridgehead atoms. The molecule has 0 radical (unpaired) electrons. The first kappa shape index (κ1) is 23.1. The lowest BCUT2D eigenvalue weighted by atomic mass is 10.1. The van der Waals surface area contributed by atoms with Crippen molar-refractivity contribution in [3.63, 3.8) is 0 Å². The van der Waals surface area contributed by atoms with Gasteiger partial charge in [0, 0.05) is 17.6 Å². The highest BCUT2D eigenvalue weighted by atomic mass is 79.9. The number of hydrogen-bond acceptors (Lipinski definition) is 6. The minimum absolute atomic E-state index is 0.0678. The van der Waals surface area contributed by atoms with Crippen molar-refractivity contribution >= 4 is 51.0 Å². The molecule has 8 nitrogen and oxygen atoms in total. The zero-order chi connectivity index (χ0) is 21.4. The van der Waals surface area contributed by atoms with Gasteiger partial charge in [-0.2, -0.15) is 0 Å². The smallest absolute Gasteiger partial charge is 0.308 e. The molecule has 0 saturated carbocycles. The van der Waals surface area contributed by atoms with Crippen LogP contribution >= 0.6 is 28.1 Å². The third-order valence-electron chi connectivity index (χ3n) is 4.34. The standard InChI is InChI=1S/C19H24BrN3O5S/c1-3-4-9-28-16(24)11-14-18(26)21-7-8-23(14)19(29)22-17(25)13-10-12(20)5-6-15(13)27-2/h5-6,10,14H,3-4,7-9,11H2,1-2H3,(H,21,26)(H,22,25,29). The van der Waals surface area contributed by atoms with E-state index in [2.05, 4.69) is 26.6 Å². The molecule has 29 heavy (non-hydrogen) atoms. The molecule has 1 aliphatic rings. The van der Waals surface area contributed by atoms with Crippen molar-refractivity contribution in [1.82, 2.24) is 15.5 Å². The fourth-order valence-electron chi connectivity index (χ4n) is 2.80. The summed E-state index contributed by atoms with van der Waals surface area (Å²) in [6.45, 7) is 3.03. The van der Waals surface area contributed by atoms with Gasteiger partial charge in [0.15, 0.2) is 5.11 Å². The Balaban J connectivity index is 2.08. The van der Waals surface area contributed by atoms with Gasteiger partial charge < -0.3 is 19.7 Å². The molecule has 1 aromatic carbocycles. The normalized spacial score (nSPS) is 16.0. The van der Waals surface area contributed by atoms with Crippen LogP contribution in [-0.2, 0) is 14.3 Å². The maximum atomic E-state index is 12.7. The summed E-state index contributed by atoms with van der Waals surface area (Å²) in [4.78, 5) is 38.6. The van der Waals surface area contributed by atoms with E-state index in [1.807, 2.05) is 6.92 Å². The Labute approximate surface area is 183 Å². The number of halogens is 1. The first-order valence-electron chi connectivity index (χ1n) is 9.26. The second-order valence-electron chi connectivity index (χ2n) is 6.38. The fraction of sp³-hybridized carbons (Fsp3) is 0.474. The number of carbonyl (C=O) groups is 3. The van der Waals surface area contributed by atoms with E-state index in [-0.39, 0.29) is 17.4 Å². The predicted molar refractivity (Wildman–Crippen MR) is 115 cm³/mol. The summed E-state index contributed by atoms with van der Waals surface area (Å²) >= 11 is 8.68. The Kier molecular flexibility index (Phi) is 8.84. The van der Waals surface area contributed by atoms with Crippen molar-refractivity contribution in [2.24, 2.45) is 0 Å². The number of methoxy groups -OCH3 is 1. The van der Waals surface area contributed by atoms with Crippen molar-refractivity contribution < 1.29 is 23.9 Å². The Hall–Kier alpha value is -2.20. The molecule has 158 valence electrons. The molecule has 10 heteroatoms. The second kappa shape index (κ2) is 11.1. The number of nitrogens with zero attached hydrogens (tertiary/aromatic N) is 1. The van der Waals surface area contributed by atoms with Gasteiger partial charge in [-0.25, -0.2) is 0 Å². The highest BCUT2D eigenvalue weighted by Gasteiger charge is 2.34. The van der Waals surface area contributed by atoms with Gasteiger partial charge in [-0.1, -0.05) is 29.3 Å². The zero-order valence-corrected chi connectivity index (χ0v) is 18.7. The largest absolute Gasteiger partial charge is 0.496 e. The molecule has 2 rings (SSSR count). The molecular formula is C19H24BrN3O5S. The van der Waals surface area contributed by atoms with Crippen molar-refractivity contribution in [2.75, 3.05) is 26.8 Å². The number of nitrogens with one attached hydrogen (secondary N) is 2. The molecule has 2 amide bonds. The average Bonchev–Trinajstić information content (AvgIpc) is 2.69. The van der Waals surface area contributed by atoms with E-state index in [1.54, 1.807) is 18.2 Å². The van der Waals surface area contributed by atoms with E-state index >= 15 is 0 Å². The summed E-state index contributed by atoms with van der Waals surface area (Å²) in [6.07, 6.45) is 1.51. The van der Waals surface area contributed by atoms with E-state index in [9.17, 15) is 14.4 Å². The first-order valence-corrected chi connectivity index (χ1v) is 10.5. The van der Waals surface area contributed by atoms with Crippen molar-refractivity contribution in [3.05, 3.63) is 28.2 Å². The Bertz CT molecular complexity index is 789. The van der Waals surface area contributed by atoms with Crippen LogP contribution in [0.4, 0.5) is 0 Å². The molecule has 1 unspecified atom stereocenters. The van der Waals surface area contributed by atoms with Crippen molar-refractivity contribution in [2.45, 2.75) is 32.2 Å². The number of thiocarbonyl (C=S) groups is 1. The molecule has 1 aliphatic heterocycles. The van der Waals surface area contributed by atoms with Crippen LogP contribution in [0.5, 0.6) is 5.75 Å². The Morgan fingerprint density at radius 1 is 1.41 bits per heavy atom. The lowest BCUT2D eigenvalue weighted by Gasteiger charge is -2.36. The number of piperazine rings is 1. The van der Waals surface area contributed by atoms with Crippen LogP contribution in [0.25, 0.3) is 0 Å². The van der Waals surface area contributed by atoms with E-state index in [0.717, 1.165) is 12.8 Å². The first-order chi connectivity index (χ1) is 13.9. The molecule has 1 fully saturated rings. The van der Waals surface area contributed by atoms with Crippen LogP contribution in [0.1, 0.15) is 36.5 Å². The SMILES string of the molecule is CCCCOC(=O)CC1C(=O)NCCN1C(=S)NC(=O)c1cc(Br)ccc1OC. The van der Waals surface area contributed by atoms with Gasteiger partial charge >= 0.3 is 5.97 Å². The summed E-state index contributed by atoms with van der Waals surface area (Å²) in [7, 11) is 1.47. The number of carbonyl (C=O) groups excluding carboxylic acids is 3. The number of amides is 2. The maximum absolute atomic E-state index is 12.7. The van der Waals surface area contributed by atoms with Gasteiger partial charge in [0.2, 0.25) is 5.91 Å². The van der Waals surface area contributed by atoms with E-state index < -0.39 is 17.9 Å². The highest BCUT2D eigenvalue weighted by Crippen LogP contribution is 2.23. The second-order valence-corrected chi connectivity index (χ2v) is 7.68. The van der Waals surface area contributed by atoms with E-state index in [1.165, 1.54) is 12.0 Å². The lowest BCUT2D eigenvalue weighted by Crippen LogP contribution is -2.60. The quantitative estimate of drug-likeness (QED) is 0.346. The topological polar surface area (TPSA) is 97.0 Å². The third kappa shape index (κ3) is 6.40. The summed E-state index contributed by atoms with van der Waals surface area (Å²) in [5.74, 6) is -0.891. The number of rotatable bonds is 7. The van der Waals surface area contributed by atoms with Crippen LogP contribution in [0.2, 0.25) is 0 Å². The molecule has 2 N–H and O–H groups in total. The number of esters is 1. The van der Waals surface area contributed by atoms with E-state index in [4.69, 9.17) is 21.7 Å². The minimum Gasteiger partial charge on any atom is -0.496 e. The molecule has 1 atom stereocenters. The average molecular weight is 486 g/mol. The summed E-state index contributed by atoms with van der Waals surface area (Å²) in [5.41, 5.74) is 0.293. The Morgan fingerprint density at radius 2 is 2.17 bits per heavy atom. The molecule has 1 saturated heterocycles. The molecular weight excluding hydrogens is 462 g/mol. The zero-order valence-electron chi connectivity index (χ0n) is 16.3. The maximum Gasteiger partial charge on any atom is 0.308 e. The van der Waals surface area contributed by atoms with E-state index in [0.29, 0.717) is 35.5 Å². The lowest BCUT2D eigenvalue weighted by molar-refractivity contribution is -0.147. The minimum atomic E-state index is -0.838. The van der Waals surface area contributed by atoms with Gasteiger partial charge in [-0.15, -0.1) is 0 Å². The van der Waals surface area contributed by atoms with Crippen LogP contribution in [0, 0.1) is 0 Å². The van der Waals surface area contributed by atoms with Crippen molar-refractivity contribution in [1.29, 1.82) is 0 Å². The summed E-state index contributed by atoms with van der Waals surface area (Å²) in [5, 5.41) is 5.41. The Morgan fingerprint density at radius 3 is 2.86 bits per heavy atom. The van der Waals surface area contributed by atoms with Gasteiger partial charge in [0.05, 0.1) is 25.7 Å². The van der Waals surface area contributed by atoms with Crippen LogP contribution in [0.3, 0.4) is 0 Å². The van der Waals surface area contributed by atoms with Crippen molar-refractivity contribution in [3.8, 4) is 5.75 Å². The number of benzene rings is 1. The van der Waals surface area contributed by atoms with Crippen LogP contribution in [-0.4, -0.2) is 60.6 Å². The monoisotopic (exact) mass is 485 g/mol. The van der Waals surface area contributed by atoms with Gasteiger partial charge in [0.25, 0.3) is 5.91 Å². The summed E-state index contributed by atoms with van der Waals surface area (Å²) in [6, 6.07) is 4.19. The molecule has 0 aliphatic carbocycles. The predicted octanol–water partition coefficient (Wildman–Crippen LogP) is 2.01.